The minimum Gasteiger partial charge on any atom is -0.756 e. The Labute approximate surface area is 191 Å². The predicted molar refractivity (Wildman–Crippen MR) is 129 cm³/mol. The van der Waals surface area contributed by atoms with Gasteiger partial charge in [0.25, 0.3) is 5.82 Å². The maximum Gasteiger partial charge on any atom is 0.299 e. The van der Waals surface area contributed by atoms with Crippen molar-refractivity contribution >= 4 is 40.5 Å². The zero-order valence-corrected chi connectivity index (χ0v) is 18.1. The molecule has 0 fully saturated rings. The summed E-state index contributed by atoms with van der Waals surface area (Å²) >= 11 is 12.1. The lowest BCUT2D eigenvalue weighted by molar-refractivity contribution is -0.499. The Kier molecular flexibility index (Phi) is 5.24. The molecule has 31 heavy (non-hydrogen) atoms. The molecular formula is C26H18ClN3S. The summed E-state index contributed by atoms with van der Waals surface area (Å²) in [6.45, 7) is 0. The van der Waals surface area contributed by atoms with Crippen molar-refractivity contribution in [1.82, 2.24) is 4.57 Å². The van der Waals surface area contributed by atoms with E-state index < -0.39 is 0 Å². The molecule has 3 nitrogen and oxygen atoms in total. The number of halogens is 1. The Balaban J connectivity index is 1.87. The van der Waals surface area contributed by atoms with E-state index in [2.05, 4.69) is 33.4 Å². The third-order valence-electron chi connectivity index (χ3n) is 5.07. The van der Waals surface area contributed by atoms with Gasteiger partial charge in [-0.05, 0) is 65.7 Å². The molecule has 0 unspecified atom stereocenters. The van der Waals surface area contributed by atoms with Crippen molar-refractivity contribution in [3.8, 4) is 17.1 Å². The number of benzene rings is 3. The first-order valence-electron chi connectivity index (χ1n) is 9.90. The highest BCUT2D eigenvalue weighted by molar-refractivity contribution is 7.78. The number of aromatic nitrogens is 2. The Hall–Kier alpha value is -3.47. The van der Waals surface area contributed by atoms with Gasteiger partial charge in [0.15, 0.2) is 11.2 Å². The van der Waals surface area contributed by atoms with Gasteiger partial charge in [-0.25, -0.2) is 0 Å². The van der Waals surface area contributed by atoms with E-state index >= 15 is 0 Å². The molecule has 5 rings (SSSR count). The van der Waals surface area contributed by atoms with Crippen LogP contribution in [0.15, 0.2) is 114 Å². The summed E-state index contributed by atoms with van der Waals surface area (Å²) in [4.78, 5) is 4.76. The molecule has 5 aromatic rings. The molecular weight excluding hydrogens is 422 g/mol. The van der Waals surface area contributed by atoms with Crippen LogP contribution in [0, 0.1) is 0 Å². The average molecular weight is 440 g/mol. The Morgan fingerprint density at radius 3 is 2.13 bits per heavy atom. The summed E-state index contributed by atoms with van der Waals surface area (Å²) in [5.74, 6) is 0.999. The molecule has 0 N–H and O–H groups in total. The van der Waals surface area contributed by atoms with E-state index in [1.807, 2.05) is 84.9 Å². The molecule has 0 aliphatic heterocycles. The normalized spacial score (nSPS) is 11.7. The van der Waals surface area contributed by atoms with E-state index in [1.165, 1.54) is 0 Å². The van der Waals surface area contributed by atoms with Crippen LogP contribution in [-0.4, -0.2) is 9.61 Å². The van der Waals surface area contributed by atoms with Crippen molar-refractivity contribution in [1.29, 1.82) is 0 Å². The van der Waals surface area contributed by atoms with Crippen molar-refractivity contribution < 1.29 is 4.40 Å². The smallest absolute Gasteiger partial charge is 0.299 e. The highest BCUT2D eigenvalue weighted by Gasteiger charge is 2.28. The lowest BCUT2D eigenvalue weighted by atomic mass is 10.2. The molecule has 0 bridgehead atoms. The maximum absolute atomic E-state index is 6.19. The fraction of sp³-hybridized carbons (Fsp3) is 0. The van der Waals surface area contributed by atoms with Crippen molar-refractivity contribution in [2.75, 3.05) is 0 Å². The van der Waals surface area contributed by atoms with Crippen molar-refractivity contribution in [3.63, 3.8) is 0 Å². The molecule has 0 spiro atoms. The fourth-order valence-electron chi connectivity index (χ4n) is 3.72. The maximum atomic E-state index is 6.19. The second kappa shape index (κ2) is 8.34. The lowest BCUT2D eigenvalue weighted by Gasteiger charge is -2.11. The Morgan fingerprint density at radius 1 is 0.774 bits per heavy atom. The first-order chi connectivity index (χ1) is 15.2. The van der Waals surface area contributed by atoms with Crippen molar-refractivity contribution in [3.05, 3.63) is 120 Å². The van der Waals surface area contributed by atoms with Crippen LogP contribution in [0.5, 0.6) is 0 Å². The number of hydrogen-bond donors (Lipinski definition) is 0. The molecule has 0 radical (unpaired) electrons. The molecule has 150 valence electrons. The first kappa shape index (κ1) is 19.5. The molecule has 0 aliphatic carbocycles. The molecule has 3 aromatic carbocycles. The van der Waals surface area contributed by atoms with Gasteiger partial charge in [0.2, 0.25) is 0 Å². The number of aliphatic imine (C=N–C) groups is 1. The summed E-state index contributed by atoms with van der Waals surface area (Å²) in [5, 5.41) is 1.21. The number of hydrogen-bond acceptors (Lipinski definition) is 2. The van der Waals surface area contributed by atoms with Crippen molar-refractivity contribution in [2.24, 2.45) is 4.99 Å². The molecule has 0 aliphatic rings. The van der Waals surface area contributed by atoms with Gasteiger partial charge < -0.3 is 12.6 Å². The highest BCUT2D eigenvalue weighted by Crippen LogP contribution is 2.28. The van der Waals surface area contributed by atoms with Crippen molar-refractivity contribution in [2.45, 2.75) is 0 Å². The summed E-state index contributed by atoms with van der Waals surface area (Å²) in [7, 11) is 0. The molecule has 0 saturated heterocycles. The molecule has 0 atom stereocenters. The van der Waals surface area contributed by atoms with Gasteiger partial charge in [0.1, 0.15) is 5.69 Å². The number of fused-ring (bicyclic) bond motifs is 1. The van der Waals surface area contributed by atoms with E-state index in [9.17, 15) is 0 Å². The van der Waals surface area contributed by atoms with Crippen LogP contribution in [0.4, 0.5) is 5.69 Å². The number of pyridine rings is 1. The monoisotopic (exact) mass is 439 g/mol. The second-order valence-electron chi connectivity index (χ2n) is 7.06. The minimum absolute atomic E-state index is 0.520. The van der Waals surface area contributed by atoms with Gasteiger partial charge in [0.05, 0.1) is 17.4 Å². The van der Waals surface area contributed by atoms with Crippen LogP contribution in [0.3, 0.4) is 0 Å². The van der Waals surface area contributed by atoms with Gasteiger partial charge in [-0.2, -0.15) is 8.97 Å². The van der Waals surface area contributed by atoms with Gasteiger partial charge in [0, 0.05) is 5.02 Å². The number of imidazole rings is 1. The molecule has 2 aromatic heterocycles. The molecule has 0 amide bonds. The quantitative estimate of drug-likeness (QED) is 0.142. The molecule has 2 heterocycles. The summed E-state index contributed by atoms with van der Waals surface area (Å²) in [6.07, 6.45) is 2.05. The van der Waals surface area contributed by atoms with E-state index in [-0.39, 0.29) is 0 Å². The molecule has 0 saturated carbocycles. The van der Waals surface area contributed by atoms with Gasteiger partial charge in [-0.1, -0.05) is 54.1 Å². The minimum atomic E-state index is 0.520. The van der Waals surface area contributed by atoms with Gasteiger partial charge >= 0.3 is 0 Å². The van der Waals surface area contributed by atoms with Crippen LogP contribution >= 0.6 is 11.6 Å². The van der Waals surface area contributed by atoms with Gasteiger partial charge in [-0.3, -0.25) is 4.99 Å². The average Bonchev–Trinajstić information content (AvgIpc) is 3.16. The van der Waals surface area contributed by atoms with E-state index in [0.717, 1.165) is 34.0 Å². The highest BCUT2D eigenvalue weighted by atomic mass is 35.5. The van der Waals surface area contributed by atoms with Crippen LogP contribution in [0.2, 0.25) is 5.02 Å². The zero-order chi connectivity index (χ0) is 21.2. The van der Waals surface area contributed by atoms with Crippen LogP contribution in [0.1, 0.15) is 5.69 Å². The molecule has 5 heteroatoms. The number of para-hydroxylation sites is 1. The Morgan fingerprint density at radius 2 is 1.42 bits per heavy atom. The SMILES string of the molecule is [S-]C(=Nc1ccccc1)c1c2cccc[n+]2c(-c2ccccc2)n1-c1ccc(Cl)cc1. The third kappa shape index (κ3) is 3.72. The largest absolute Gasteiger partial charge is 0.756 e. The summed E-state index contributed by atoms with van der Waals surface area (Å²) < 4.78 is 4.32. The van der Waals surface area contributed by atoms with Gasteiger partial charge in [-0.15, -0.1) is 0 Å². The van der Waals surface area contributed by atoms with E-state index in [1.54, 1.807) is 0 Å². The third-order valence-corrected chi connectivity index (χ3v) is 5.61. The number of nitrogens with zero attached hydrogens (tertiary/aromatic N) is 3. The lowest BCUT2D eigenvalue weighted by Crippen LogP contribution is -2.22. The second-order valence-corrected chi connectivity index (χ2v) is 7.88. The fourth-order valence-corrected chi connectivity index (χ4v) is 4.15. The van der Waals surface area contributed by atoms with Crippen LogP contribution in [0.25, 0.3) is 22.6 Å². The topological polar surface area (TPSA) is 21.4 Å². The zero-order valence-electron chi connectivity index (χ0n) is 16.5. The standard InChI is InChI=1S/C26H18ClN3S/c27-20-14-16-22(17-15-20)30-24(25(31)28-21-11-5-2-6-12-21)23-13-7-8-18-29(23)26(30)19-9-3-1-4-10-19/h1-18H. The Bertz CT molecular complexity index is 1380. The summed E-state index contributed by atoms with van der Waals surface area (Å²) in [5.41, 5.74) is 4.72. The van der Waals surface area contributed by atoms with E-state index in [0.29, 0.717) is 10.1 Å². The van der Waals surface area contributed by atoms with Crippen LogP contribution in [-0.2, 0) is 12.6 Å². The summed E-state index contributed by atoms with van der Waals surface area (Å²) in [6, 6.07) is 34.0. The van der Waals surface area contributed by atoms with E-state index in [4.69, 9.17) is 29.2 Å². The number of rotatable bonds is 4. The van der Waals surface area contributed by atoms with Crippen LogP contribution < -0.4 is 4.40 Å². The predicted octanol–water partition coefficient (Wildman–Crippen LogP) is 6.16. The first-order valence-corrected chi connectivity index (χ1v) is 10.7.